The molecule has 2 amide bonds. The summed E-state index contributed by atoms with van der Waals surface area (Å²) in [4.78, 5) is 43.7. The summed E-state index contributed by atoms with van der Waals surface area (Å²) in [6.45, 7) is 0.997. The molecule has 1 aliphatic rings. The molecule has 3 heterocycles. The van der Waals surface area contributed by atoms with Crippen LogP contribution in [0.15, 0.2) is 48.8 Å². The number of carbonyl (C=O) groups is 3. The summed E-state index contributed by atoms with van der Waals surface area (Å²) in [7, 11) is 1.33. The number of amides is 2. The van der Waals surface area contributed by atoms with Gasteiger partial charge >= 0.3 is 5.97 Å². The second kappa shape index (κ2) is 9.40. The van der Waals surface area contributed by atoms with Gasteiger partial charge in [-0.05, 0) is 31.0 Å². The molecule has 1 N–H and O–H groups in total. The number of halogens is 1. The first-order valence-electron chi connectivity index (χ1n) is 10.3. The number of para-hydroxylation sites is 1. The molecule has 2 aromatic heterocycles. The minimum atomic E-state index is -0.446. The molecule has 1 aliphatic heterocycles. The maximum atomic E-state index is 13.1. The molecule has 1 fully saturated rings. The van der Waals surface area contributed by atoms with Crippen LogP contribution in [-0.2, 0) is 20.9 Å². The first kappa shape index (κ1) is 21.8. The van der Waals surface area contributed by atoms with E-state index in [2.05, 4.69) is 10.3 Å². The molecule has 0 aliphatic carbocycles. The molecule has 166 valence electrons. The average Bonchev–Trinajstić information content (AvgIpc) is 3.18. The maximum absolute atomic E-state index is 13.1. The Kier molecular flexibility index (Phi) is 6.41. The summed E-state index contributed by atoms with van der Waals surface area (Å²) < 4.78 is 6.63. The summed E-state index contributed by atoms with van der Waals surface area (Å²) in [6, 6.07) is 10.7. The molecule has 3 aromatic rings. The van der Waals surface area contributed by atoms with Gasteiger partial charge in [-0.1, -0.05) is 29.8 Å². The number of benzene rings is 1. The van der Waals surface area contributed by atoms with Crippen LogP contribution >= 0.6 is 11.6 Å². The summed E-state index contributed by atoms with van der Waals surface area (Å²) in [5.41, 5.74) is 1.20. The van der Waals surface area contributed by atoms with Crippen molar-refractivity contribution in [3.63, 3.8) is 0 Å². The molecule has 32 heavy (non-hydrogen) atoms. The van der Waals surface area contributed by atoms with Crippen LogP contribution in [0, 0.1) is 5.92 Å². The van der Waals surface area contributed by atoms with E-state index in [9.17, 15) is 14.4 Å². The smallest absolute Gasteiger partial charge is 0.340 e. The molecule has 8 nitrogen and oxygen atoms in total. The lowest BCUT2D eigenvalue weighted by molar-refractivity contribution is -0.135. The molecule has 1 unspecified atom stereocenters. The molecule has 0 spiro atoms. The predicted octanol–water partition coefficient (Wildman–Crippen LogP) is 3.35. The molecule has 1 aromatic carbocycles. The number of anilines is 1. The first-order valence-corrected chi connectivity index (χ1v) is 10.7. The number of nitrogens with one attached hydrogen (secondary N) is 1. The number of hydrogen-bond donors (Lipinski definition) is 1. The lowest BCUT2D eigenvalue weighted by atomic mass is 9.97. The zero-order valence-corrected chi connectivity index (χ0v) is 18.3. The van der Waals surface area contributed by atoms with Gasteiger partial charge in [0.25, 0.3) is 0 Å². The zero-order valence-electron chi connectivity index (χ0n) is 17.6. The third-order valence-electron chi connectivity index (χ3n) is 5.62. The second-order valence-electron chi connectivity index (χ2n) is 7.71. The second-order valence-corrected chi connectivity index (χ2v) is 8.15. The lowest BCUT2D eigenvalue weighted by Crippen LogP contribution is -2.44. The van der Waals surface area contributed by atoms with Gasteiger partial charge in [-0.3, -0.25) is 9.59 Å². The van der Waals surface area contributed by atoms with Crippen molar-refractivity contribution in [3.05, 3.63) is 59.4 Å². The Labute approximate surface area is 190 Å². The van der Waals surface area contributed by atoms with E-state index in [0.717, 1.165) is 17.3 Å². The van der Waals surface area contributed by atoms with Crippen LogP contribution in [0.2, 0.25) is 5.02 Å². The number of hydrogen-bond acceptors (Lipinski definition) is 5. The Morgan fingerprint density at radius 3 is 2.78 bits per heavy atom. The van der Waals surface area contributed by atoms with Crippen molar-refractivity contribution in [1.82, 2.24) is 14.5 Å². The van der Waals surface area contributed by atoms with Crippen molar-refractivity contribution in [3.8, 4) is 0 Å². The van der Waals surface area contributed by atoms with Gasteiger partial charge in [-0.15, -0.1) is 0 Å². The Bertz CT molecular complexity index is 1160. The van der Waals surface area contributed by atoms with E-state index < -0.39 is 5.97 Å². The van der Waals surface area contributed by atoms with Crippen LogP contribution < -0.4 is 5.32 Å². The van der Waals surface area contributed by atoms with Gasteiger partial charge in [-0.2, -0.15) is 0 Å². The molecular weight excluding hydrogens is 432 g/mol. The van der Waals surface area contributed by atoms with Gasteiger partial charge in [0.15, 0.2) is 0 Å². The Hall–Kier alpha value is -3.39. The molecule has 4 rings (SSSR count). The Morgan fingerprint density at radius 1 is 1.22 bits per heavy atom. The Morgan fingerprint density at radius 2 is 2.03 bits per heavy atom. The third kappa shape index (κ3) is 4.60. The van der Waals surface area contributed by atoms with Crippen molar-refractivity contribution < 1.29 is 19.1 Å². The fraction of sp³-hybridized carbons (Fsp3) is 0.304. The van der Waals surface area contributed by atoms with Gasteiger partial charge in [0, 0.05) is 36.4 Å². The number of aromatic nitrogens is 2. The lowest BCUT2D eigenvalue weighted by Gasteiger charge is -2.32. The number of likely N-dealkylation sites (tertiary alicyclic amines) is 1. The van der Waals surface area contributed by atoms with E-state index in [4.69, 9.17) is 16.3 Å². The number of esters is 1. The fourth-order valence-electron chi connectivity index (χ4n) is 3.99. The summed E-state index contributed by atoms with van der Waals surface area (Å²) in [5, 5.41) is 4.02. The van der Waals surface area contributed by atoms with Crippen molar-refractivity contribution in [2.24, 2.45) is 5.92 Å². The SMILES string of the molecule is COC(=O)c1cn(CC(=O)N2CCCC(C(=O)Nc3ccc(Cl)cn3)C2)c2ccccc12. The molecule has 0 radical (unpaired) electrons. The van der Waals surface area contributed by atoms with Gasteiger partial charge in [0.05, 0.1) is 23.6 Å². The standard InChI is InChI=1S/C23H23ClN4O4/c1-32-23(31)18-13-28(19-7-3-2-6-17(18)19)14-21(29)27-10-4-5-15(12-27)22(30)26-20-9-8-16(24)11-25-20/h2-3,6-9,11,13,15H,4-5,10,12,14H2,1H3,(H,25,26,30). The van der Waals surface area contributed by atoms with E-state index in [-0.39, 0.29) is 24.3 Å². The normalized spacial score (nSPS) is 16.1. The summed E-state index contributed by atoms with van der Waals surface area (Å²) >= 11 is 5.83. The highest BCUT2D eigenvalue weighted by atomic mass is 35.5. The maximum Gasteiger partial charge on any atom is 0.340 e. The largest absolute Gasteiger partial charge is 0.465 e. The van der Waals surface area contributed by atoms with Crippen molar-refractivity contribution >= 4 is 46.1 Å². The van der Waals surface area contributed by atoms with Gasteiger partial charge < -0.3 is 19.5 Å². The molecule has 1 saturated heterocycles. The number of rotatable bonds is 5. The fourth-order valence-corrected chi connectivity index (χ4v) is 4.10. The van der Waals surface area contributed by atoms with Gasteiger partial charge in [0.2, 0.25) is 11.8 Å². The minimum absolute atomic E-state index is 0.0740. The van der Waals surface area contributed by atoms with Crippen molar-refractivity contribution in [1.29, 1.82) is 0 Å². The average molecular weight is 455 g/mol. The number of pyridine rings is 1. The predicted molar refractivity (Wildman–Crippen MR) is 120 cm³/mol. The molecule has 0 bridgehead atoms. The minimum Gasteiger partial charge on any atom is -0.465 e. The van der Waals surface area contributed by atoms with Crippen LogP contribution in [0.25, 0.3) is 10.9 Å². The monoisotopic (exact) mass is 454 g/mol. The van der Waals surface area contributed by atoms with Crippen molar-refractivity contribution in [2.75, 3.05) is 25.5 Å². The number of ether oxygens (including phenoxy) is 1. The highest BCUT2D eigenvalue weighted by molar-refractivity contribution is 6.30. The number of carbonyl (C=O) groups excluding carboxylic acids is 3. The van der Waals surface area contributed by atoms with Crippen LogP contribution in [0.3, 0.4) is 0 Å². The van der Waals surface area contributed by atoms with Crippen LogP contribution in [0.4, 0.5) is 5.82 Å². The van der Waals surface area contributed by atoms with Crippen LogP contribution in [-0.4, -0.2) is 52.4 Å². The Balaban J connectivity index is 1.45. The van der Waals surface area contributed by atoms with Crippen molar-refractivity contribution in [2.45, 2.75) is 19.4 Å². The van der Waals surface area contributed by atoms with Gasteiger partial charge in [-0.25, -0.2) is 9.78 Å². The number of piperidine rings is 1. The number of nitrogens with zero attached hydrogens (tertiary/aromatic N) is 3. The van der Waals surface area contributed by atoms with E-state index in [1.165, 1.54) is 13.3 Å². The van der Waals surface area contributed by atoms with E-state index >= 15 is 0 Å². The third-order valence-corrected chi connectivity index (χ3v) is 5.85. The first-order chi connectivity index (χ1) is 15.5. The molecular formula is C23H23ClN4O4. The molecule has 0 saturated carbocycles. The summed E-state index contributed by atoms with van der Waals surface area (Å²) in [6.07, 6.45) is 4.55. The van der Waals surface area contributed by atoms with Crippen LogP contribution in [0.5, 0.6) is 0 Å². The summed E-state index contributed by atoms with van der Waals surface area (Å²) in [5.74, 6) is -0.617. The van der Waals surface area contributed by atoms with E-state index in [0.29, 0.717) is 35.9 Å². The highest BCUT2D eigenvalue weighted by Gasteiger charge is 2.29. The van der Waals surface area contributed by atoms with Gasteiger partial charge in [0.1, 0.15) is 12.4 Å². The molecule has 1 atom stereocenters. The highest BCUT2D eigenvalue weighted by Crippen LogP contribution is 2.24. The topological polar surface area (TPSA) is 93.5 Å². The van der Waals surface area contributed by atoms with E-state index in [1.807, 2.05) is 24.3 Å². The number of methoxy groups -OCH3 is 1. The van der Waals surface area contributed by atoms with Crippen LogP contribution in [0.1, 0.15) is 23.2 Å². The quantitative estimate of drug-likeness (QED) is 0.597. The van der Waals surface area contributed by atoms with E-state index in [1.54, 1.807) is 27.8 Å². The molecule has 9 heteroatoms. The zero-order chi connectivity index (χ0) is 22.7. The number of fused-ring (bicyclic) bond motifs is 1.